The topological polar surface area (TPSA) is 388 Å². The van der Waals surface area contributed by atoms with E-state index >= 15 is 19.2 Å². The molecule has 14 N–H and O–H groups in total. The summed E-state index contributed by atoms with van der Waals surface area (Å²) in [5.74, 6) is -7.94. The number of aromatic hydroxyl groups is 1. The van der Waals surface area contributed by atoms with E-state index in [1.165, 1.54) is 90.1 Å². The number of carboxylic acid groups (broad SMARTS) is 1. The molecular formula is C68H78F2N14O12S2. The lowest BCUT2D eigenvalue weighted by molar-refractivity contribution is -0.142. The quantitative estimate of drug-likeness (QED) is 0.0885. The van der Waals surface area contributed by atoms with Gasteiger partial charge in [0.15, 0.2) is 0 Å². The molecule has 9 amide bonds. The molecule has 6 heterocycles. The zero-order chi connectivity index (χ0) is 69.6. The lowest BCUT2D eigenvalue weighted by atomic mass is 9.96. The lowest BCUT2D eigenvalue weighted by Crippen LogP contribution is -2.62. The number of primary amides is 1. The van der Waals surface area contributed by atoms with E-state index in [2.05, 4.69) is 63.2 Å². The number of rotatable bonds is 11. The summed E-state index contributed by atoms with van der Waals surface area (Å²) in [6, 6.07) is 11.7. The van der Waals surface area contributed by atoms with E-state index in [0.717, 1.165) is 11.1 Å². The van der Waals surface area contributed by atoms with Crippen molar-refractivity contribution in [3.63, 3.8) is 0 Å². The average Bonchev–Trinajstić information content (AvgIpc) is 1.63. The Labute approximate surface area is 570 Å². The van der Waals surface area contributed by atoms with Gasteiger partial charge in [-0.15, -0.1) is 0 Å². The van der Waals surface area contributed by atoms with Crippen LogP contribution in [0.2, 0.25) is 0 Å². The third kappa shape index (κ3) is 18.4. The second-order valence-corrected chi connectivity index (χ2v) is 27.2. The fourth-order valence-corrected chi connectivity index (χ4v) is 14.6. The number of phenols is 1. The number of hydrogen-bond acceptors (Lipinski definition) is 15. The van der Waals surface area contributed by atoms with E-state index in [-0.39, 0.29) is 80.0 Å². The maximum absolute atomic E-state index is 15.2. The van der Waals surface area contributed by atoms with Crippen molar-refractivity contribution in [3.8, 4) is 5.75 Å². The summed E-state index contributed by atoms with van der Waals surface area (Å²) in [7, 11) is 0. The van der Waals surface area contributed by atoms with Crippen LogP contribution in [0.5, 0.6) is 5.75 Å². The third-order valence-electron chi connectivity index (χ3n) is 17.8. The summed E-state index contributed by atoms with van der Waals surface area (Å²) in [4.78, 5) is 158. The van der Waals surface area contributed by atoms with E-state index in [1.807, 2.05) is 25.1 Å². The van der Waals surface area contributed by atoms with Crippen molar-refractivity contribution in [2.75, 3.05) is 37.7 Å². The number of hydrogen-bond donors (Lipinski definition) is 13. The van der Waals surface area contributed by atoms with Crippen molar-refractivity contribution in [1.29, 1.82) is 0 Å². The van der Waals surface area contributed by atoms with Crippen LogP contribution in [0.1, 0.15) is 79.0 Å². The van der Waals surface area contributed by atoms with Crippen LogP contribution in [-0.2, 0) is 85.1 Å². The van der Waals surface area contributed by atoms with Gasteiger partial charge in [-0.25, -0.2) is 13.8 Å². The number of H-pyrrole nitrogens is 3. The second-order valence-electron chi connectivity index (χ2n) is 25.0. The summed E-state index contributed by atoms with van der Waals surface area (Å²) in [6.07, 6.45) is 5.26. The average molecular weight is 1390 g/mol. The number of thioether (sulfide) groups is 2. The predicted octanol–water partition coefficient (Wildman–Crippen LogP) is 3.03. The Morgan fingerprint density at radius 1 is 0.684 bits per heavy atom. The lowest BCUT2D eigenvalue weighted by Gasteiger charge is -2.39. The van der Waals surface area contributed by atoms with Crippen LogP contribution in [0.4, 0.5) is 8.78 Å². The molecule has 30 heteroatoms. The molecule has 3 aromatic heterocycles. The first-order chi connectivity index (χ1) is 47.1. The minimum atomic E-state index is -2.00. The summed E-state index contributed by atoms with van der Waals surface area (Å²) in [5, 5.41) is 40.2. The highest BCUT2D eigenvalue weighted by atomic mass is 32.2. The van der Waals surface area contributed by atoms with Gasteiger partial charge in [0.25, 0.3) is 0 Å². The van der Waals surface area contributed by atoms with E-state index in [1.54, 1.807) is 28.8 Å². The van der Waals surface area contributed by atoms with E-state index in [0.29, 0.717) is 69.8 Å². The van der Waals surface area contributed by atoms with Crippen LogP contribution in [0.15, 0.2) is 110 Å². The number of carbonyl (C=O) groups is 10. The zero-order valence-corrected chi connectivity index (χ0v) is 55.3. The van der Waals surface area contributed by atoms with Gasteiger partial charge in [0.05, 0.1) is 36.6 Å². The minimum absolute atomic E-state index is 0.0604. The van der Waals surface area contributed by atoms with Gasteiger partial charge < -0.3 is 77.9 Å². The van der Waals surface area contributed by atoms with Gasteiger partial charge >= 0.3 is 5.97 Å². The first kappa shape index (κ1) is 71.0. The Bertz CT molecular complexity index is 4080. The van der Waals surface area contributed by atoms with Crippen molar-refractivity contribution >= 4 is 104 Å². The Morgan fingerprint density at radius 3 is 1.91 bits per heavy atom. The number of aromatic amines is 3. The molecule has 0 radical (unpaired) electrons. The fraction of sp³-hybridized carbons (Fsp3) is 0.397. The molecule has 26 nitrogen and oxygen atoms in total. The maximum Gasteiger partial charge on any atom is 0.305 e. The number of benzene rings is 4. The minimum Gasteiger partial charge on any atom is -0.508 e. The van der Waals surface area contributed by atoms with Crippen molar-refractivity contribution in [3.05, 3.63) is 155 Å². The first-order valence-corrected chi connectivity index (χ1v) is 34.5. The Hall–Kier alpha value is -9.81. The number of fused-ring (bicyclic) bond motifs is 6. The van der Waals surface area contributed by atoms with Crippen molar-refractivity contribution < 1.29 is 66.9 Å². The maximum atomic E-state index is 15.2. The zero-order valence-electron chi connectivity index (χ0n) is 53.6. The number of aliphatic carboxylic acids is 1. The number of halogens is 2. The molecule has 8 atom stereocenters. The molecule has 4 aromatic carbocycles. The number of phenolic OH excluding ortho intramolecular Hbond substituents is 1. The van der Waals surface area contributed by atoms with Crippen molar-refractivity contribution in [2.45, 2.75) is 130 Å². The van der Waals surface area contributed by atoms with Crippen LogP contribution in [-0.4, -0.2) is 185 Å². The monoisotopic (exact) mass is 1380 g/mol. The van der Waals surface area contributed by atoms with E-state index < -0.39 is 132 Å². The van der Waals surface area contributed by atoms with Crippen LogP contribution in [0, 0.1) is 11.6 Å². The number of nitrogens with two attached hydrogens (primary N) is 1. The third-order valence-corrected chi connectivity index (χ3v) is 20.1. The Kier molecular flexibility index (Phi) is 23.5. The second kappa shape index (κ2) is 32.5. The molecule has 2 saturated heterocycles. The highest BCUT2D eigenvalue weighted by Crippen LogP contribution is 2.31. The van der Waals surface area contributed by atoms with Crippen molar-refractivity contribution in [1.82, 2.24) is 67.0 Å². The first-order valence-electron chi connectivity index (χ1n) is 32.2. The van der Waals surface area contributed by atoms with Gasteiger partial charge in [-0.2, -0.15) is 23.5 Å². The molecule has 3 aliphatic rings. The van der Waals surface area contributed by atoms with Crippen LogP contribution in [0.25, 0.3) is 21.8 Å². The largest absolute Gasteiger partial charge is 0.508 e. The van der Waals surface area contributed by atoms with Gasteiger partial charge in [-0.3, -0.25) is 47.9 Å². The molecule has 518 valence electrons. The van der Waals surface area contributed by atoms with Gasteiger partial charge in [0.2, 0.25) is 53.2 Å². The van der Waals surface area contributed by atoms with E-state index in [4.69, 9.17) is 5.73 Å². The standard InChI is InChI=1S/C68H78F2N14O12S2/c1-68-17-3-19-84(68)67(96)55(22-38-7-11-46(85)12-8-38)82-64(93)53(27-45-31-72-37-77-45)80-65(94)54(28-60(88)89)81-63(92)52(24-42-30-74-50-14-10-44(70)26-48(42)50)79-62(91)51(23-41-29-73-49-13-9-43(69)25-47(41)49)78-58(86)32-75-66(95)57-15-16-59(87)83(57)18-4-20-97-33-39-5-2-6-40(21-39)34-98-35-56(61(71)90)76-36-68/h2,5-14,21,25-26,29-31,37,51-57,73-74,76,85H,3-4,15-20,22-24,27-28,32-36H2,1H3,(H2,71,90)(H,72,77)(H,75,95)(H,78,86)(H,79,91)(H,80,94)(H,81,92)(H,82,93)(H,88,89)/t51-,52-,53-,54-,55-,56-,57-,68-/m0/s1. The van der Waals surface area contributed by atoms with Gasteiger partial charge in [0.1, 0.15) is 53.6 Å². The van der Waals surface area contributed by atoms with Crippen molar-refractivity contribution in [2.24, 2.45) is 5.73 Å². The van der Waals surface area contributed by atoms with Gasteiger partial charge in [0, 0.05) is 109 Å². The Balaban J connectivity index is 0.970. The number of amides is 9. The number of nitrogens with zero attached hydrogens (tertiary/aromatic N) is 3. The molecule has 0 aliphatic carbocycles. The summed E-state index contributed by atoms with van der Waals surface area (Å²) in [5.41, 5.74) is 9.40. The van der Waals surface area contributed by atoms with Gasteiger partial charge in [-0.1, -0.05) is 36.4 Å². The molecular weight excluding hydrogens is 1310 g/mol. The summed E-state index contributed by atoms with van der Waals surface area (Å²) >= 11 is 3.15. The van der Waals surface area contributed by atoms with Crippen LogP contribution < -0.4 is 43.0 Å². The highest BCUT2D eigenvalue weighted by molar-refractivity contribution is 7.98. The van der Waals surface area contributed by atoms with Crippen LogP contribution in [0.3, 0.4) is 0 Å². The van der Waals surface area contributed by atoms with Crippen LogP contribution >= 0.6 is 23.5 Å². The molecule has 0 spiro atoms. The highest BCUT2D eigenvalue weighted by Gasteiger charge is 2.44. The Morgan fingerprint density at radius 2 is 1.29 bits per heavy atom. The number of carboxylic acids is 1. The molecule has 0 unspecified atom stereocenters. The van der Waals surface area contributed by atoms with E-state index in [9.17, 15) is 47.8 Å². The summed E-state index contributed by atoms with van der Waals surface area (Å²) < 4.78 is 29.8. The molecule has 3 aliphatic heterocycles. The molecule has 98 heavy (non-hydrogen) atoms. The van der Waals surface area contributed by atoms with Gasteiger partial charge in [-0.05, 0) is 115 Å². The fourth-order valence-electron chi connectivity index (χ4n) is 12.7. The SMILES string of the molecule is C[C@@]12CCCN1C(=O)[C@H](Cc1ccc(O)cc1)NC(=O)[C@H](Cc1c[nH]cn1)NC(=O)[C@H](CC(=O)O)NC(=O)[C@H](Cc1c[nH]c3ccc(F)cc13)NC(=O)[C@H](Cc1c[nH]c3ccc(F)cc13)NC(=O)CNC(=O)[C@@H]1CCC(=O)N1CCCSCc1cccc(c1)CSC[C@@H](C(N)=O)NC2. The predicted molar refractivity (Wildman–Crippen MR) is 361 cm³/mol. The smallest absolute Gasteiger partial charge is 0.305 e. The normalized spacial score (nSPS) is 23.8. The molecule has 2 fully saturated rings. The molecule has 7 aromatic rings. The number of imidazole rings is 1. The number of aromatic nitrogens is 4. The summed E-state index contributed by atoms with van der Waals surface area (Å²) in [6.45, 7) is 1.82. The molecule has 0 saturated carbocycles. The number of carbonyl (C=O) groups excluding carboxylic acids is 9. The molecule has 2 bridgehead atoms. The molecule has 10 rings (SSSR count). The number of nitrogens with one attached hydrogen (secondary N) is 10.